The number of carbonyl (C=O) groups is 1. The molecule has 1 amide bonds. The smallest absolute Gasteiger partial charge is 0.226 e. The molecule has 2 N–H and O–H groups in total. The standard InChI is InChI=1S/C16H26N2O/c1-4-5-14-6-8-15(9-7-14)10-16(19)18(3)12-13(2)11-17/h6-9,13H,4-5,10-12,17H2,1-3H3. The van der Waals surface area contributed by atoms with Crippen LogP contribution in [-0.2, 0) is 17.6 Å². The number of nitrogens with two attached hydrogens (primary N) is 1. The topological polar surface area (TPSA) is 46.3 Å². The molecular weight excluding hydrogens is 236 g/mol. The highest BCUT2D eigenvalue weighted by atomic mass is 16.2. The first-order valence-electron chi connectivity index (χ1n) is 7.08. The highest BCUT2D eigenvalue weighted by Crippen LogP contribution is 2.08. The highest BCUT2D eigenvalue weighted by molar-refractivity contribution is 5.78. The largest absolute Gasteiger partial charge is 0.345 e. The Morgan fingerprint density at radius 2 is 1.84 bits per heavy atom. The first-order valence-corrected chi connectivity index (χ1v) is 7.08. The van der Waals surface area contributed by atoms with Crippen molar-refractivity contribution in [1.82, 2.24) is 4.90 Å². The molecule has 0 bridgehead atoms. The van der Waals surface area contributed by atoms with Crippen molar-refractivity contribution in [2.75, 3.05) is 20.1 Å². The third-order valence-electron chi connectivity index (χ3n) is 3.33. The second-order valence-electron chi connectivity index (χ2n) is 5.36. The van der Waals surface area contributed by atoms with E-state index >= 15 is 0 Å². The average Bonchev–Trinajstić information content (AvgIpc) is 2.41. The van der Waals surface area contributed by atoms with Crippen LogP contribution in [0.25, 0.3) is 0 Å². The van der Waals surface area contributed by atoms with Crippen LogP contribution in [0.1, 0.15) is 31.4 Å². The van der Waals surface area contributed by atoms with Crippen LogP contribution in [0.5, 0.6) is 0 Å². The Morgan fingerprint density at radius 1 is 1.26 bits per heavy atom. The van der Waals surface area contributed by atoms with E-state index in [1.807, 2.05) is 7.05 Å². The van der Waals surface area contributed by atoms with Gasteiger partial charge in [0, 0.05) is 13.6 Å². The summed E-state index contributed by atoms with van der Waals surface area (Å²) in [6.07, 6.45) is 2.72. The van der Waals surface area contributed by atoms with Crippen molar-refractivity contribution in [2.45, 2.75) is 33.1 Å². The summed E-state index contributed by atoms with van der Waals surface area (Å²) in [6.45, 7) is 5.57. The van der Waals surface area contributed by atoms with E-state index in [1.165, 1.54) is 5.56 Å². The van der Waals surface area contributed by atoms with Crippen molar-refractivity contribution in [3.8, 4) is 0 Å². The predicted octanol–water partition coefficient (Wildman–Crippen LogP) is 2.23. The van der Waals surface area contributed by atoms with Crippen LogP contribution in [0.2, 0.25) is 0 Å². The summed E-state index contributed by atoms with van der Waals surface area (Å²) in [7, 11) is 1.85. The van der Waals surface area contributed by atoms with E-state index in [4.69, 9.17) is 5.73 Å². The SMILES string of the molecule is CCCc1ccc(CC(=O)N(C)CC(C)CN)cc1. The molecule has 1 aromatic carbocycles. The quantitative estimate of drug-likeness (QED) is 0.819. The van der Waals surface area contributed by atoms with Gasteiger partial charge in [0.25, 0.3) is 0 Å². The first kappa shape index (κ1) is 15.7. The van der Waals surface area contributed by atoms with Gasteiger partial charge in [0.1, 0.15) is 0 Å². The second-order valence-corrected chi connectivity index (χ2v) is 5.36. The molecule has 0 saturated heterocycles. The van der Waals surface area contributed by atoms with Crippen LogP contribution < -0.4 is 5.73 Å². The van der Waals surface area contributed by atoms with Crippen molar-refractivity contribution in [3.63, 3.8) is 0 Å². The molecule has 3 heteroatoms. The number of aryl methyl sites for hydroxylation is 1. The van der Waals surface area contributed by atoms with Crippen molar-refractivity contribution in [3.05, 3.63) is 35.4 Å². The number of nitrogens with zero attached hydrogens (tertiary/aromatic N) is 1. The van der Waals surface area contributed by atoms with E-state index in [-0.39, 0.29) is 5.91 Å². The molecule has 106 valence electrons. The van der Waals surface area contributed by atoms with Gasteiger partial charge in [0.2, 0.25) is 5.91 Å². The summed E-state index contributed by atoms with van der Waals surface area (Å²) in [5, 5.41) is 0. The molecule has 19 heavy (non-hydrogen) atoms. The lowest BCUT2D eigenvalue weighted by atomic mass is 10.1. The summed E-state index contributed by atoms with van der Waals surface area (Å²) >= 11 is 0. The number of hydrogen-bond donors (Lipinski definition) is 1. The van der Waals surface area contributed by atoms with Crippen LogP contribution >= 0.6 is 0 Å². The maximum atomic E-state index is 12.1. The van der Waals surface area contributed by atoms with Gasteiger partial charge in [0.15, 0.2) is 0 Å². The van der Waals surface area contributed by atoms with Gasteiger partial charge in [-0.2, -0.15) is 0 Å². The molecule has 1 unspecified atom stereocenters. The Hall–Kier alpha value is -1.35. The maximum absolute atomic E-state index is 12.1. The molecule has 0 fully saturated rings. The Kier molecular flexibility index (Phi) is 6.57. The minimum atomic E-state index is 0.156. The third kappa shape index (κ3) is 5.43. The Balaban J connectivity index is 2.51. The lowest BCUT2D eigenvalue weighted by Gasteiger charge is -2.20. The fourth-order valence-corrected chi connectivity index (χ4v) is 2.07. The number of amides is 1. The van der Waals surface area contributed by atoms with Gasteiger partial charge in [-0.3, -0.25) is 4.79 Å². The minimum absolute atomic E-state index is 0.156. The van der Waals surface area contributed by atoms with Gasteiger partial charge in [-0.25, -0.2) is 0 Å². The summed E-state index contributed by atoms with van der Waals surface area (Å²) < 4.78 is 0. The van der Waals surface area contributed by atoms with Crippen molar-refractivity contribution in [1.29, 1.82) is 0 Å². The number of rotatable bonds is 7. The lowest BCUT2D eigenvalue weighted by molar-refractivity contribution is -0.129. The van der Waals surface area contributed by atoms with Gasteiger partial charge in [-0.15, -0.1) is 0 Å². The number of likely N-dealkylation sites (N-methyl/N-ethyl adjacent to an activating group) is 1. The monoisotopic (exact) mass is 262 g/mol. The Labute approximate surface area is 116 Å². The van der Waals surface area contributed by atoms with Crippen molar-refractivity contribution in [2.24, 2.45) is 11.7 Å². The molecular formula is C16H26N2O. The molecule has 1 aromatic rings. The van der Waals surface area contributed by atoms with Gasteiger partial charge in [0.05, 0.1) is 6.42 Å². The summed E-state index contributed by atoms with van der Waals surface area (Å²) in [5.41, 5.74) is 8.00. The molecule has 0 heterocycles. The van der Waals surface area contributed by atoms with E-state index in [0.717, 1.165) is 24.9 Å². The van der Waals surface area contributed by atoms with Gasteiger partial charge >= 0.3 is 0 Å². The molecule has 1 rings (SSSR count). The fraction of sp³-hybridized carbons (Fsp3) is 0.562. The molecule has 0 saturated carbocycles. The first-order chi connectivity index (χ1) is 9.06. The van der Waals surface area contributed by atoms with E-state index in [0.29, 0.717) is 18.9 Å². The fourth-order valence-electron chi connectivity index (χ4n) is 2.07. The predicted molar refractivity (Wildman–Crippen MR) is 80.0 cm³/mol. The van der Waals surface area contributed by atoms with Crippen molar-refractivity contribution < 1.29 is 4.79 Å². The Bertz CT molecular complexity index is 386. The summed E-state index contributed by atoms with van der Waals surface area (Å²) in [4.78, 5) is 13.8. The highest BCUT2D eigenvalue weighted by Gasteiger charge is 2.12. The number of carbonyl (C=O) groups excluding carboxylic acids is 1. The van der Waals surface area contributed by atoms with Crippen LogP contribution in [0.4, 0.5) is 0 Å². The second kappa shape index (κ2) is 7.95. The zero-order chi connectivity index (χ0) is 14.3. The van der Waals surface area contributed by atoms with Crippen LogP contribution in [-0.4, -0.2) is 30.9 Å². The summed E-state index contributed by atoms with van der Waals surface area (Å²) in [5.74, 6) is 0.504. The van der Waals surface area contributed by atoms with E-state index in [9.17, 15) is 4.79 Å². The molecule has 3 nitrogen and oxygen atoms in total. The van der Waals surface area contributed by atoms with E-state index < -0.39 is 0 Å². The maximum Gasteiger partial charge on any atom is 0.226 e. The van der Waals surface area contributed by atoms with E-state index in [1.54, 1.807) is 4.90 Å². The molecule has 0 aliphatic heterocycles. The zero-order valence-electron chi connectivity index (χ0n) is 12.4. The van der Waals surface area contributed by atoms with Gasteiger partial charge in [-0.05, 0) is 30.0 Å². The molecule has 0 aromatic heterocycles. The molecule has 0 spiro atoms. The van der Waals surface area contributed by atoms with Crippen LogP contribution in [0, 0.1) is 5.92 Å². The molecule has 1 atom stereocenters. The van der Waals surface area contributed by atoms with Crippen LogP contribution in [0.3, 0.4) is 0 Å². The number of benzene rings is 1. The average molecular weight is 262 g/mol. The summed E-state index contributed by atoms with van der Waals surface area (Å²) in [6, 6.07) is 8.36. The van der Waals surface area contributed by atoms with Crippen LogP contribution in [0.15, 0.2) is 24.3 Å². The molecule has 0 aliphatic rings. The van der Waals surface area contributed by atoms with E-state index in [2.05, 4.69) is 38.1 Å². The normalized spacial score (nSPS) is 12.2. The zero-order valence-corrected chi connectivity index (χ0v) is 12.4. The molecule has 0 aliphatic carbocycles. The minimum Gasteiger partial charge on any atom is -0.345 e. The van der Waals surface area contributed by atoms with Gasteiger partial charge in [-0.1, -0.05) is 44.5 Å². The molecule has 0 radical (unpaired) electrons. The Morgan fingerprint density at radius 3 is 2.37 bits per heavy atom. The third-order valence-corrected chi connectivity index (χ3v) is 3.33. The van der Waals surface area contributed by atoms with Crippen molar-refractivity contribution >= 4 is 5.91 Å². The van der Waals surface area contributed by atoms with Gasteiger partial charge < -0.3 is 10.6 Å². The lowest BCUT2D eigenvalue weighted by Crippen LogP contribution is -2.34. The number of hydrogen-bond acceptors (Lipinski definition) is 2.